The van der Waals surface area contributed by atoms with Crippen LogP contribution in [-0.2, 0) is 17.6 Å². The van der Waals surface area contributed by atoms with E-state index in [2.05, 4.69) is 33.2 Å². The molecule has 224 valence electrons. The number of likely N-dealkylation sites (tertiary alicyclic amines) is 1. The van der Waals surface area contributed by atoms with Gasteiger partial charge in [-0.15, -0.1) is 0 Å². The van der Waals surface area contributed by atoms with Gasteiger partial charge in [-0.1, -0.05) is 31.7 Å². The normalized spacial score (nSPS) is 22.1. The van der Waals surface area contributed by atoms with Gasteiger partial charge in [0, 0.05) is 31.1 Å². The van der Waals surface area contributed by atoms with E-state index in [1.54, 1.807) is 11.0 Å². The minimum atomic E-state index is -0.743. The van der Waals surface area contributed by atoms with E-state index in [0.717, 1.165) is 43.4 Å². The summed E-state index contributed by atoms with van der Waals surface area (Å²) in [5.41, 5.74) is 2.56. The molecule has 0 N–H and O–H groups in total. The van der Waals surface area contributed by atoms with E-state index >= 15 is 8.78 Å². The molecule has 8 nitrogen and oxygen atoms in total. The van der Waals surface area contributed by atoms with Crippen LogP contribution in [0.3, 0.4) is 0 Å². The molecule has 43 heavy (non-hydrogen) atoms. The number of piperazine rings is 1. The fourth-order valence-electron chi connectivity index (χ4n) is 6.89. The van der Waals surface area contributed by atoms with Gasteiger partial charge in [0.05, 0.1) is 5.56 Å². The molecule has 0 saturated carbocycles. The van der Waals surface area contributed by atoms with Crippen LogP contribution < -0.4 is 9.64 Å². The van der Waals surface area contributed by atoms with Gasteiger partial charge in [0.2, 0.25) is 12.5 Å². The zero-order valence-corrected chi connectivity index (χ0v) is 24.7. The number of amides is 1. The lowest BCUT2D eigenvalue weighted by molar-refractivity contribution is -0.128. The van der Waals surface area contributed by atoms with Crippen LogP contribution in [0.15, 0.2) is 36.9 Å². The molecule has 0 radical (unpaired) electrons. The molecule has 1 unspecified atom stereocenters. The highest BCUT2D eigenvalue weighted by Gasteiger charge is 2.34. The Balaban J connectivity index is 1.46. The summed E-state index contributed by atoms with van der Waals surface area (Å²) in [6.45, 7) is 15.5. The first-order chi connectivity index (χ1) is 20.8. The average molecular weight is 587 g/mol. The molecule has 3 aromatic rings. The van der Waals surface area contributed by atoms with Gasteiger partial charge in [-0.25, -0.2) is 15.4 Å². The zero-order chi connectivity index (χ0) is 30.2. The topological polar surface area (TPSA) is 66.2 Å². The van der Waals surface area contributed by atoms with Gasteiger partial charge in [-0.3, -0.25) is 4.79 Å². The van der Waals surface area contributed by atoms with E-state index in [9.17, 15) is 4.79 Å². The number of nitrogens with zero attached hydrogens (tertiary/aromatic N) is 6. The number of benzene rings is 2. The number of anilines is 1. The molecule has 2 saturated heterocycles. The largest absolute Gasteiger partial charge is 0.462 e. The molecule has 3 atom stereocenters. The van der Waals surface area contributed by atoms with Crippen molar-refractivity contribution >= 4 is 22.6 Å². The number of fused-ring (bicyclic) bond motifs is 2. The summed E-state index contributed by atoms with van der Waals surface area (Å²) in [5.74, 6) is -0.941. The van der Waals surface area contributed by atoms with Gasteiger partial charge in [-0.2, -0.15) is 9.97 Å². The van der Waals surface area contributed by atoms with Crippen molar-refractivity contribution in [1.82, 2.24) is 19.8 Å². The van der Waals surface area contributed by atoms with Crippen molar-refractivity contribution in [3.05, 3.63) is 71.1 Å². The van der Waals surface area contributed by atoms with Crippen molar-refractivity contribution in [2.75, 3.05) is 51.3 Å². The van der Waals surface area contributed by atoms with Gasteiger partial charge >= 0.3 is 6.01 Å². The molecule has 1 amide bonds. The lowest BCUT2D eigenvalue weighted by Gasteiger charge is -2.39. The highest BCUT2D eigenvalue weighted by atomic mass is 19.1. The minimum absolute atomic E-state index is 0.00819. The lowest BCUT2D eigenvalue weighted by atomic mass is 9.94. The van der Waals surface area contributed by atoms with Crippen molar-refractivity contribution < 1.29 is 18.3 Å². The van der Waals surface area contributed by atoms with Gasteiger partial charge in [0.25, 0.3) is 0 Å². The van der Waals surface area contributed by atoms with Crippen LogP contribution in [0, 0.1) is 24.1 Å². The second-order valence-corrected chi connectivity index (χ2v) is 12.0. The summed E-state index contributed by atoms with van der Waals surface area (Å²) in [6.07, 6.45) is 4.94. The van der Waals surface area contributed by atoms with Crippen LogP contribution in [0.2, 0.25) is 0 Å². The van der Waals surface area contributed by atoms with Crippen molar-refractivity contribution in [3.8, 4) is 17.1 Å². The Labute approximate surface area is 250 Å². The minimum Gasteiger partial charge on any atom is -0.462 e. The third-order valence-corrected chi connectivity index (χ3v) is 9.12. The van der Waals surface area contributed by atoms with Crippen molar-refractivity contribution in [2.45, 2.75) is 44.7 Å². The summed E-state index contributed by atoms with van der Waals surface area (Å²) in [5, 5.41) is 0.232. The molecule has 6 rings (SSSR count). The van der Waals surface area contributed by atoms with E-state index < -0.39 is 17.7 Å². The van der Waals surface area contributed by atoms with E-state index in [4.69, 9.17) is 11.3 Å². The number of aromatic nitrogens is 2. The molecule has 0 spiro atoms. The monoisotopic (exact) mass is 586 g/mol. The maximum atomic E-state index is 16.6. The molecule has 2 fully saturated rings. The zero-order valence-electron chi connectivity index (χ0n) is 24.7. The summed E-state index contributed by atoms with van der Waals surface area (Å²) < 4.78 is 38.7. The molecular weight excluding hydrogens is 550 g/mol. The predicted octanol–water partition coefficient (Wildman–Crippen LogP) is 4.91. The third-order valence-electron chi connectivity index (χ3n) is 9.12. The Kier molecular flexibility index (Phi) is 8.01. The number of carbonyl (C=O) groups excluding carboxylic acids is 1. The number of halogens is 2. The number of hydrogen-bond acceptors (Lipinski definition) is 6. The highest BCUT2D eigenvalue weighted by Crippen LogP contribution is 2.41. The maximum absolute atomic E-state index is 16.6. The van der Waals surface area contributed by atoms with Gasteiger partial charge in [0.15, 0.2) is 5.82 Å². The van der Waals surface area contributed by atoms with Crippen LogP contribution in [-0.4, -0.2) is 84.1 Å². The van der Waals surface area contributed by atoms with Crippen LogP contribution in [0.4, 0.5) is 14.6 Å². The molecule has 2 aromatic carbocycles. The van der Waals surface area contributed by atoms with Crippen molar-refractivity contribution in [2.24, 2.45) is 5.92 Å². The first-order valence-electron chi connectivity index (χ1n) is 14.9. The first-order valence-corrected chi connectivity index (χ1v) is 14.9. The summed E-state index contributed by atoms with van der Waals surface area (Å²) in [4.78, 5) is 31.0. The lowest BCUT2D eigenvalue weighted by Crippen LogP contribution is -2.56. The van der Waals surface area contributed by atoms with E-state index in [0.29, 0.717) is 37.0 Å². The smallest absolute Gasteiger partial charge is 0.319 e. The van der Waals surface area contributed by atoms with Crippen LogP contribution in [0.1, 0.15) is 30.9 Å². The SMILES string of the molecule is [C-]#[N+]C[C@H]1CN(c2nc(OC[C@@H]3CCCN3C)nc3c(F)c(-c4cccc5c4CC(C)C5)c(F)cc23)CCN1C(=O)C=C. The number of ether oxygens (including phenoxy) is 1. The van der Waals surface area contributed by atoms with E-state index in [1.165, 1.54) is 12.1 Å². The Hall–Kier alpha value is -4.10. The Morgan fingerprint density at radius 3 is 2.79 bits per heavy atom. The van der Waals surface area contributed by atoms with E-state index in [1.807, 2.05) is 24.1 Å². The number of hydrogen-bond donors (Lipinski definition) is 0. The van der Waals surface area contributed by atoms with Crippen LogP contribution in [0.5, 0.6) is 6.01 Å². The predicted molar refractivity (Wildman–Crippen MR) is 162 cm³/mol. The summed E-state index contributed by atoms with van der Waals surface area (Å²) in [6, 6.07) is 6.78. The summed E-state index contributed by atoms with van der Waals surface area (Å²) in [7, 11) is 2.04. The fourth-order valence-corrected chi connectivity index (χ4v) is 6.89. The molecule has 3 aliphatic rings. The van der Waals surface area contributed by atoms with Crippen LogP contribution in [0.25, 0.3) is 26.9 Å². The highest BCUT2D eigenvalue weighted by molar-refractivity contribution is 5.94. The molecule has 2 aliphatic heterocycles. The second kappa shape index (κ2) is 11.9. The van der Waals surface area contributed by atoms with Crippen LogP contribution >= 0.6 is 0 Å². The standard InChI is InChI=1S/C33H36F2N6O2/c1-5-28(42)41-13-12-40(18-23(41)17-36-3)32-26-16-27(34)29(24-10-6-8-21-14-20(2)15-25(21)24)30(35)31(26)37-33(38-32)43-19-22-9-7-11-39(22)4/h5-6,8,10,16,20,22-23H,1,7,9,11-15,17-19H2,2,4H3/t20?,22-,23-/m0/s1. The molecule has 3 heterocycles. The molecule has 1 aliphatic carbocycles. The molecular formula is C33H36F2N6O2. The van der Waals surface area contributed by atoms with Gasteiger partial charge in [0.1, 0.15) is 29.8 Å². The molecule has 0 bridgehead atoms. The maximum Gasteiger partial charge on any atom is 0.319 e. The van der Waals surface area contributed by atoms with Gasteiger partial charge in [-0.05, 0) is 74.0 Å². The number of likely N-dealkylation sites (N-methyl/N-ethyl adjacent to an activating group) is 1. The van der Waals surface area contributed by atoms with Gasteiger partial charge < -0.3 is 24.3 Å². The number of carbonyl (C=O) groups is 1. The third kappa shape index (κ3) is 5.42. The van der Waals surface area contributed by atoms with E-state index in [-0.39, 0.29) is 47.5 Å². The summed E-state index contributed by atoms with van der Waals surface area (Å²) >= 11 is 0. The first kappa shape index (κ1) is 29.0. The second-order valence-electron chi connectivity index (χ2n) is 12.0. The molecule has 10 heteroatoms. The number of rotatable bonds is 7. The fraction of sp³-hybridized carbons (Fsp3) is 0.455. The molecule has 1 aromatic heterocycles. The Morgan fingerprint density at radius 2 is 2.05 bits per heavy atom. The average Bonchev–Trinajstić information content (AvgIpc) is 3.60. The van der Waals surface area contributed by atoms with Crippen molar-refractivity contribution in [3.63, 3.8) is 0 Å². The quantitative estimate of drug-likeness (QED) is 0.290. The Morgan fingerprint density at radius 1 is 1.21 bits per heavy atom. The van der Waals surface area contributed by atoms with Crippen molar-refractivity contribution in [1.29, 1.82) is 0 Å². The Bertz CT molecular complexity index is 1620.